The van der Waals surface area contributed by atoms with Gasteiger partial charge in [-0.2, -0.15) is 0 Å². The van der Waals surface area contributed by atoms with Gasteiger partial charge in [0.05, 0.1) is 30.0 Å². The molecule has 6 rings (SSSR count). The lowest BCUT2D eigenvalue weighted by Crippen LogP contribution is -2.59. The zero-order valence-electron chi connectivity index (χ0n) is 47.1. The Morgan fingerprint density at radius 3 is 2.29 bits per heavy atom. The molecule has 4 heterocycles. The van der Waals surface area contributed by atoms with Crippen LogP contribution in [0.25, 0.3) is 11.3 Å². The number of nitrogens with zero attached hydrogens (tertiary/aromatic N) is 7. The summed E-state index contributed by atoms with van der Waals surface area (Å²) in [5.74, 6) is -1.43. The third kappa shape index (κ3) is 16.0. The predicted molar refractivity (Wildman–Crippen MR) is 299 cm³/mol. The van der Waals surface area contributed by atoms with Gasteiger partial charge in [-0.3, -0.25) is 28.9 Å². The Labute approximate surface area is 456 Å². The van der Waals surface area contributed by atoms with Gasteiger partial charge in [0.15, 0.2) is 0 Å². The van der Waals surface area contributed by atoms with Crippen LogP contribution in [0.15, 0.2) is 77.4 Å². The van der Waals surface area contributed by atoms with E-state index in [0.717, 1.165) is 60.5 Å². The van der Waals surface area contributed by atoms with Crippen LogP contribution in [0.5, 0.6) is 5.75 Å². The number of aromatic nitrogens is 3. The molecule has 0 radical (unpaired) electrons. The van der Waals surface area contributed by atoms with Crippen molar-refractivity contribution in [3.8, 4) is 17.0 Å². The number of hydrogen-bond acceptors (Lipinski definition) is 12. The summed E-state index contributed by atoms with van der Waals surface area (Å²) in [5.41, 5.74) is 2.68. The monoisotopic (exact) mass is 1070 g/mol. The minimum atomic E-state index is -1.06. The van der Waals surface area contributed by atoms with Gasteiger partial charge in [-0.05, 0) is 87.3 Å². The average Bonchev–Trinajstić information content (AvgIpc) is 4.20. The van der Waals surface area contributed by atoms with Gasteiger partial charge < -0.3 is 34.6 Å². The molecular weight excluding hydrogens is 981 g/mol. The van der Waals surface area contributed by atoms with Gasteiger partial charge in [-0.25, -0.2) is 4.79 Å². The number of carbonyl (C=O) groups is 5. The summed E-state index contributed by atoms with van der Waals surface area (Å²) in [6, 6.07) is 13.4. The van der Waals surface area contributed by atoms with Crippen LogP contribution >= 0.6 is 11.8 Å². The van der Waals surface area contributed by atoms with Crippen LogP contribution in [0.4, 0.5) is 0 Å². The van der Waals surface area contributed by atoms with E-state index in [-0.39, 0.29) is 36.1 Å². The largest absolute Gasteiger partial charge is 0.494 e. The molecule has 1 aromatic heterocycles. The van der Waals surface area contributed by atoms with E-state index in [1.807, 2.05) is 107 Å². The van der Waals surface area contributed by atoms with Gasteiger partial charge in [0.25, 0.3) is 0 Å². The number of benzene rings is 2. The van der Waals surface area contributed by atoms with Crippen molar-refractivity contribution in [2.24, 2.45) is 28.2 Å². The van der Waals surface area contributed by atoms with Gasteiger partial charge in [0.1, 0.15) is 41.7 Å². The van der Waals surface area contributed by atoms with Gasteiger partial charge in [0, 0.05) is 56.4 Å². The number of aliphatic imine (C=N–C) groups is 1. The summed E-state index contributed by atoms with van der Waals surface area (Å²) in [5, 5.41) is 23.9. The Morgan fingerprint density at radius 2 is 1.59 bits per heavy atom. The van der Waals surface area contributed by atoms with E-state index in [1.165, 1.54) is 9.80 Å². The number of ether oxygens (including phenoxy) is 2. The molecule has 0 aliphatic carbocycles. The summed E-state index contributed by atoms with van der Waals surface area (Å²) in [7, 11) is 3.13. The third-order valence-electron chi connectivity index (χ3n) is 15.6. The first-order chi connectivity index (χ1) is 36.2. The van der Waals surface area contributed by atoms with E-state index in [0.29, 0.717) is 62.3 Å². The van der Waals surface area contributed by atoms with Crippen LogP contribution in [0.1, 0.15) is 132 Å². The zero-order chi connectivity index (χ0) is 55.3. The van der Waals surface area contributed by atoms with Crippen molar-refractivity contribution < 1.29 is 38.6 Å². The molecule has 3 aliphatic rings. The van der Waals surface area contributed by atoms with Crippen LogP contribution in [0, 0.1) is 23.2 Å². The second-order valence-electron chi connectivity index (χ2n) is 22.7. The molecule has 2 bridgehead atoms. The van der Waals surface area contributed by atoms with Crippen LogP contribution in [0.2, 0.25) is 0 Å². The van der Waals surface area contributed by atoms with E-state index in [4.69, 9.17) is 14.5 Å². The summed E-state index contributed by atoms with van der Waals surface area (Å²) in [4.78, 5) is 81.6. The molecule has 76 heavy (non-hydrogen) atoms. The molecule has 4 amide bonds. The number of fused-ring (bicyclic) bond motifs is 2. The number of carbonyl (C=O) groups excluding carboxylic acids is 5. The molecule has 2 N–H and O–H groups in total. The van der Waals surface area contributed by atoms with E-state index in [2.05, 4.69) is 22.6 Å². The fourth-order valence-electron chi connectivity index (χ4n) is 10.3. The average molecular weight is 1070 g/mol. The maximum absolute atomic E-state index is 14.8. The molecule has 1 fully saturated rings. The van der Waals surface area contributed by atoms with Crippen molar-refractivity contribution in [2.75, 3.05) is 33.0 Å². The Bertz CT molecular complexity index is 2470. The van der Waals surface area contributed by atoms with Gasteiger partial charge in [-0.15, -0.1) is 16.9 Å². The quantitative estimate of drug-likeness (QED) is 0.116. The van der Waals surface area contributed by atoms with Gasteiger partial charge in [0.2, 0.25) is 23.6 Å². The Morgan fingerprint density at radius 1 is 0.895 bits per heavy atom. The Balaban J connectivity index is 1.15. The van der Waals surface area contributed by atoms with E-state index in [1.54, 1.807) is 50.7 Å². The number of aryl methyl sites for hydroxylation is 1. The molecule has 2 aromatic carbocycles. The molecule has 0 spiro atoms. The number of amides is 4. The molecule has 1 saturated heterocycles. The number of hydrogen-bond donors (Lipinski definition) is 2. The molecule has 3 aliphatic heterocycles. The number of nitrogens with one attached hydrogen (secondary N) is 1. The lowest BCUT2D eigenvalue weighted by atomic mass is 9.81. The number of likely N-dealkylation sites (N-methyl/N-ethyl adjacent to an activating group) is 2. The van der Waals surface area contributed by atoms with Crippen molar-refractivity contribution >= 4 is 46.4 Å². The number of aliphatic hydroxyl groups excluding tert-OH is 1. The Kier molecular flexibility index (Phi) is 21.7. The number of rotatable bonds is 14. The summed E-state index contributed by atoms with van der Waals surface area (Å²) >= 11 is 1.56. The third-order valence-corrected chi connectivity index (χ3v) is 16.9. The number of esters is 1. The molecule has 3 aromatic rings. The maximum Gasteiger partial charge on any atom is 0.329 e. The first-order valence-electron chi connectivity index (χ1n) is 27.8. The second kappa shape index (κ2) is 27.7. The van der Waals surface area contributed by atoms with E-state index >= 15 is 0 Å². The van der Waals surface area contributed by atoms with Crippen molar-refractivity contribution in [2.45, 2.75) is 182 Å². The number of thioether (sulfide) groups is 1. The van der Waals surface area contributed by atoms with E-state index in [9.17, 15) is 29.1 Å². The molecule has 0 saturated carbocycles. The van der Waals surface area contributed by atoms with Crippen LogP contribution in [0.3, 0.4) is 0 Å². The van der Waals surface area contributed by atoms with Crippen molar-refractivity contribution in [1.82, 2.24) is 35.0 Å². The number of unbranched alkanes of at least 4 members (excludes halogenated alkanes) is 4. The molecule has 10 atom stereocenters. The van der Waals surface area contributed by atoms with Crippen LogP contribution in [-0.2, 0) is 41.7 Å². The highest BCUT2D eigenvalue weighted by Crippen LogP contribution is 2.34. The minimum absolute atomic E-state index is 0.0140. The summed E-state index contributed by atoms with van der Waals surface area (Å²) < 4.78 is 14.3. The highest BCUT2D eigenvalue weighted by molar-refractivity contribution is 8.14. The fourth-order valence-corrected chi connectivity index (χ4v) is 11.5. The van der Waals surface area contributed by atoms with Crippen molar-refractivity contribution in [1.29, 1.82) is 0 Å². The molecular formula is C59H86N8O8S. The smallest absolute Gasteiger partial charge is 0.329 e. The van der Waals surface area contributed by atoms with Gasteiger partial charge >= 0.3 is 5.97 Å². The van der Waals surface area contributed by atoms with E-state index < -0.39 is 65.5 Å². The molecule has 416 valence electrons. The second-order valence-corrected chi connectivity index (χ2v) is 23.8. The summed E-state index contributed by atoms with van der Waals surface area (Å²) in [6.45, 7) is 19.0. The topological polar surface area (TPSA) is 189 Å². The first-order valence-corrected chi connectivity index (χ1v) is 28.7. The van der Waals surface area contributed by atoms with Crippen LogP contribution < -0.4 is 10.1 Å². The predicted octanol–water partition coefficient (Wildman–Crippen LogP) is 8.56. The molecule has 17 heteroatoms. The number of cyclic esters (lactones) is 1. The lowest BCUT2D eigenvalue weighted by molar-refractivity contribution is -0.166. The number of aliphatic hydroxyl groups is 1. The molecule has 0 unspecified atom stereocenters. The lowest BCUT2D eigenvalue weighted by Gasteiger charge is -2.39. The van der Waals surface area contributed by atoms with Crippen LogP contribution in [-0.4, -0.2) is 145 Å². The summed E-state index contributed by atoms with van der Waals surface area (Å²) in [6.07, 6.45) is 10.4. The zero-order valence-corrected chi connectivity index (χ0v) is 47.9. The van der Waals surface area contributed by atoms with Crippen molar-refractivity contribution in [3.05, 3.63) is 78.0 Å². The standard InChI is InChI=1S/C59H86N8O8S/c1-12-39(3)52-57(72)67-30-21-24-49(67)58(73)75-51(59(7,8)9)33-38(2)32-50(68)41(5)54-60-45(37-76-54)34-40(4)53(69)61-47(56(71)64(10)42(6)55(70)65(52)11)35-43-25-27-46(28-26-43)74-31-20-15-13-14-19-29-66-36-48(62-63-66)44-22-17-16-18-23-44/h16-18,22-23,25-28,34,36,38-39,41-42,45,47,49-52,68H,12-15,19-21,24,29-33,35,37H2,1-11H3,(H,61,69)/b40-34+/t38-,39-,41-,42-,45-,47-,49-,50-,51-,52-/m0/s1. The van der Waals surface area contributed by atoms with Crippen molar-refractivity contribution in [3.63, 3.8) is 0 Å². The normalized spacial score (nSPS) is 27.2. The minimum Gasteiger partial charge on any atom is -0.494 e. The highest BCUT2D eigenvalue weighted by Gasteiger charge is 2.45. The highest BCUT2D eigenvalue weighted by atomic mass is 32.2. The SMILES string of the molecule is CC[C@H](C)[C@H]1C(=O)N2CCC[C@H]2C(=O)O[C@H](C(C)(C)C)C[C@@H](C)C[C@H](O)[C@H](C)C2=N[C@@H](/C=C(\C)C(=O)N[C@@H](Cc3ccc(OCCCCCCCn4cc(-c5ccccc5)nn4)cc3)C(=O)N(C)[C@@H](C)C(=O)N1C)CS2. The Hall–Kier alpha value is -5.55. The molecule has 16 nitrogen and oxygen atoms in total. The maximum atomic E-state index is 14.8. The van der Waals surface area contributed by atoms with Gasteiger partial charge in [-0.1, -0.05) is 128 Å². The fraction of sp³-hybridized carbons (Fsp3) is 0.627. The first kappa shape index (κ1) is 59.7.